The first-order valence-corrected chi connectivity index (χ1v) is 6.69. The number of benzene rings is 1. The zero-order chi connectivity index (χ0) is 13.1. The van der Waals surface area contributed by atoms with E-state index >= 15 is 0 Å². The van der Waals surface area contributed by atoms with Crippen LogP contribution in [0.25, 0.3) is 0 Å². The molecule has 2 aromatic rings. The molecule has 2 amide bonds. The molecule has 0 aliphatic carbocycles. The van der Waals surface area contributed by atoms with E-state index < -0.39 is 5.91 Å². The summed E-state index contributed by atoms with van der Waals surface area (Å²) >= 11 is 4.73. The van der Waals surface area contributed by atoms with E-state index in [1.54, 1.807) is 35.7 Å². The standard InChI is InChI=1S/C12H9BrN2O2S/c13-10-5-8(6-18-10)12(17)15-9-3-1-2-7(4-9)11(14)16/h1-6H,(H2,14,16)(H,15,17). The fraction of sp³-hybridized carbons (Fsp3) is 0. The molecular weight excluding hydrogens is 316 g/mol. The molecule has 4 nitrogen and oxygen atoms in total. The van der Waals surface area contributed by atoms with Crippen molar-refractivity contribution in [1.29, 1.82) is 0 Å². The number of primary amides is 1. The SMILES string of the molecule is NC(=O)c1cccc(NC(=O)c2csc(Br)c2)c1. The number of halogens is 1. The maximum absolute atomic E-state index is 11.9. The molecule has 3 N–H and O–H groups in total. The van der Waals surface area contributed by atoms with Crippen molar-refractivity contribution in [3.63, 3.8) is 0 Å². The summed E-state index contributed by atoms with van der Waals surface area (Å²) in [5.74, 6) is -0.747. The number of hydrogen-bond donors (Lipinski definition) is 2. The van der Waals surface area contributed by atoms with Crippen LogP contribution in [0.4, 0.5) is 5.69 Å². The summed E-state index contributed by atoms with van der Waals surface area (Å²) in [7, 11) is 0. The summed E-state index contributed by atoms with van der Waals surface area (Å²) in [6.07, 6.45) is 0. The first-order chi connectivity index (χ1) is 8.56. The Hall–Kier alpha value is -1.66. The van der Waals surface area contributed by atoms with Crippen molar-refractivity contribution in [3.8, 4) is 0 Å². The van der Waals surface area contributed by atoms with Crippen LogP contribution in [-0.2, 0) is 0 Å². The molecule has 0 aliphatic heterocycles. The molecule has 1 aromatic heterocycles. The van der Waals surface area contributed by atoms with E-state index in [-0.39, 0.29) is 5.91 Å². The quantitative estimate of drug-likeness (QED) is 0.911. The minimum atomic E-state index is -0.524. The van der Waals surface area contributed by atoms with Crippen molar-refractivity contribution < 1.29 is 9.59 Å². The first kappa shape index (κ1) is 12.8. The van der Waals surface area contributed by atoms with Gasteiger partial charge in [-0.05, 0) is 40.2 Å². The van der Waals surface area contributed by atoms with Gasteiger partial charge >= 0.3 is 0 Å². The van der Waals surface area contributed by atoms with Crippen molar-refractivity contribution in [3.05, 3.63) is 50.6 Å². The molecule has 0 saturated carbocycles. The lowest BCUT2D eigenvalue weighted by Gasteiger charge is -2.04. The second-order valence-electron chi connectivity index (χ2n) is 3.54. The highest BCUT2D eigenvalue weighted by Crippen LogP contribution is 2.21. The Morgan fingerprint density at radius 3 is 2.61 bits per heavy atom. The summed E-state index contributed by atoms with van der Waals surface area (Å²) in [5, 5.41) is 4.45. The van der Waals surface area contributed by atoms with Gasteiger partial charge in [-0.1, -0.05) is 6.07 Å². The Kier molecular flexibility index (Phi) is 3.78. The molecule has 0 radical (unpaired) electrons. The molecule has 0 unspecified atom stereocenters. The van der Waals surface area contributed by atoms with Crippen molar-refractivity contribution >= 4 is 44.8 Å². The molecule has 2 rings (SSSR count). The molecule has 0 saturated heterocycles. The lowest BCUT2D eigenvalue weighted by atomic mass is 10.2. The van der Waals surface area contributed by atoms with Crippen LogP contribution >= 0.6 is 27.3 Å². The number of rotatable bonds is 3. The topological polar surface area (TPSA) is 72.2 Å². The highest BCUT2D eigenvalue weighted by Gasteiger charge is 2.09. The predicted molar refractivity (Wildman–Crippen MR) is 74.9 cm³/mol. The van der Waals surface area contributed by atoms with E-state index in [0.29, 0.717) is 16.8 Å². The number of anilines is 1. The third-order valence-electron chi connectivity index (χ3n) is 2.23. The van der Waals surface area contributed by atoms with Crippen LogP contribution in [0.2, 0.25) is 0 Å². The Morgan fingerprint density at radius 1 is 1.22 bits per heavy atom. The van der Waals surface area contributed by atoms with Gasteiger partial charge in [0.1, 0.15) is 0 Å². The molecule has 0 aliphatic rings. The molecule has 0 atom stereocenters. The van der Waals surface area contributed by atoms with E-state index in [4.69, 9.17) is 5.73 Å². The number of thiophene rings is 1. The monoisotopic (exact) mass is 324 g/mol. The number of amides is 2. The van der Waals surface area contributed by atoms with Crippen LogP contribution in [0.1, 0.15) is 20.7 Å². The van der Waals surface area contributed by atoms with Crippen LogP contribution in [-0.4, -0.2) is 11.8 Å². The molecule has 18 heavy (non-hydrogen) atoms. The van der Waals surface area contributed by atoms with Gasteiger partial charge in [-0.3, -0.25) is 9.59 Å². The normalized spacial score (nSPS) is 10.1. The maximum Gasteiger partial charge on any atom is 0.256 e. The molecule has 0 bridgehead atoms. The van der Waals surface area contributed by atoms with Crippen molar-refractivity contribution in [1.82, 2.24) is 0 Å². The minimum Gasteiger partial charge on any atom is -0.366 e. The average molecular weight is 325 g/mol. The van der Waals surface area contributed by atoms with E-state index in [9.17, 15) is 9.59 Å². The zero-order valence-corrected chi connectivity index (χ0v) is 11.5. The smallest absolute Gasteiger partial charge is 0.256 e. The number of carbonyl (C=O) groups is 2. The van der Waals surface area contributed by atoms with Gasteiger partial charge in [0.15, 0.2) is 0 Å². The van der Waals surface area contributed by atoms with Gasteiger partial charge in [0.2, 0.25) is 5.91 Å². The number of nitrogens with two attached hydrogens (primary N) is 1. The molecule has 0 spiro atoms. The second kappa shape index (κ2) is 5.32. The van der Waals surface area contributed by atoms with E-state index in [0.717, 1.165) is 3.79 Å². The van der Waals surface area contributed by atoms with Crippen molar-refractivity contribution in [2.75, 3.05) is 5.32 Å². The highest BCUT2D eigenvalue weighted by molar-refractivity contribution is 9.11. The van der Waals surface area contributed by atoms with Gasteiger partial charge in [-0.2, -0.15) is 0 Å². The lowest BCUT2D eigenvalue weighted by molar-refractivity contribution is 0.0996. The molecule has 6 heteroatoms. The van der Waals surface area contributed by atoms with Crippen LogP contribution < -0.4 is 11.1 Å². The molecule has 92 valence electrons. The number of nitrogens with one attached hydrogen (secondary N) is 1. The van der Waals surface area contributed by atoms with Gasteiger partial charge in [0.05, 0.1) is 9.35 Å². The number of carbonyl (C=O) groups excluding carboxylic acids is 2. The fourth-order valence-corrected chi connectivity index (χ4v) is 2.52. The predicted octanol–water partition coefficient (Wildman–Crippen LogP) is 2.86. The van der Waals surface area contributed by atoms with Gasteiger partial charge in [0, 0.05) is 16.6 Å². The van der Waals surface area contributed by atoms with E-state index in [1.165, 1.54) is 11.3 Å². The average Bonchev–Trinajstić information content (AvgIpc) is 2.76. The first-order valence-electron chi connectivity index (χ1n) is 5.01. The Labute approximate surface area is 116 Å². The molecule has 1 heterocycles. The summed E-state index contributed by atoms with van der Waals surface area (Å²) in [5.41, 5.74) is 6.64. The van der Waals surface area contributed by atoms with Gasteiger partial charge in [-0.25, -0.2) is 0 Å². The van der Waals surface area contributed by atoms with E-state index in [1.807, 2.05) is 0 Å². The molecule has 1 aromatic carbocycles. The minimum absolute atomic E-state index is 0.224. The van der Waals surface area contributed by atoms with Crippen LogP contribution in [0.15, 0.2) is 39.5 Å². The molecular formula is C12H9BrN2O2S. The van der Waals surface area contributed by atoms with E-state index in [2.05, 4.69) is 21.2 Å². The van der Waals surface area contributed by atoms with Crippen molar-refractivity contribution in [2.24, 2.45) is 5.73 Å². The second-order valence-corrected chi connectivity index (χ2v) is 5.83. The third kappa shape index (κ3) is 2.96. The largest absolute Gasteiger partial charge is 0.366 e. The maximum atomic E-state index is 11.9. The van der Waals surface area contributed by atoms with Gasteiger partial charge < -0.3 is 11.1 Å². The van der Waals surface area contributed by atoms with Crippen molar-refractivity contribution in [2.45, 2.75) is 0 Å². The summed E-state index contributed by atoms with van der Waals surface area (Å²) in [6.45, 7) is 0. The third-order valence-corrected chi connectivity index (χ3v) is 3.74. The fourth-order valence-electron chi connectivity index (χ4n) is 1.38. The zero-order valence-electron chi connectivity index (χ0n) is 9.14. The Bertz CT molecular complexity index is 610. The van der Waals surface area contributed by atoms with Gasteiger partial charge in [0.25, 0.3) is 5.91 Å². The number of hydrogen-bond acceptors (Lipinski definition) is 3. The summed E-state index contributed by atoms with van der Waals surface area (Å²) in [4.78, 5) is 22.9. The van der Waals surface area contributed by atoms with Crippen LogP contribution in [0.3, 0.4) is 0 Å². The lowest BCUT2D eigenvalue weighted by Crippen LogP contribution is -2.13. The van der Waals surface area contributed by atoms with Crippen LogP contribution in [0, 0.1) is 0 Å². The van der Waals surface area contributed by atoms with Gasteiger partial charge in [-0.15, -0.1) is 11.3 Å². The Balaban J connectivity index is 2.16. The Morgan fingerprint density at radius 2 is 2.00 bits per heavy atom. The summed E-state index contributed by atoms with van der Waals surface area (Å²) < 4.78 is 0.888. The van der Waals surface area contributed by atoms with Crippen LogP contribution in [0.5, 0.6) is 0 Å². The highest BCUT2D eigenvalue weighted by atomic mass is 79.9. The summed E-state index contributed by atoms with van der Waals surface area (Å²) in [6, 6.07) is 8.24. The molecule has 0 fully saturated rings.